The second-order valence-electron chi connectivity index (χ2n) is 5.25. The first-order valence-corrected chi connectivity index (χ1v) is 6.99. The highest BCUT2D eigenvalue weighted by atomic mass is 16.4. The molecule has 0 aliphatic heterocycles. The average molecular weight is 260 g/mol. The van der Waals surface area contributed by atoms with Crippen LogP contribution in [0.15, 0.2) is 24.3 Å². The van der Waals surface area contributed by atoms with Crippen molar-refractivity contribution in [1.82, 2.24) is 0 Å². The van der Waals surface area contributed by atoms with Crippen molar-refractivity contribution < 1.29 is 14.7 Å². The van der Waals surface area contributed by atoms with Crippen LogP contribution in [0, 0.1) is 11.8 Å². The summed E-state index contributed by atoms with van der Waals surface area (Å²) in [5.74, 6) is -1.69. The van der Waals surface area contributed by atoms with E-state index in [-0.39, 0.29) is 11.7 Å². The van der Waals surface area contributed by atoms with E-state index in [0.29, 0.717) is 18.4 Å². The van der Waals surface area contributed by atoms with Crippen LogP contribution in [0.4, 0.5) is 0 Å². The first kappa shape index (κ1) is 13.8. The maximum atomic E-state index is 12.5. The van der Waals surface area contributed by atoms with Crippen LogP contribution in [-0.2, 0) is 11.2 Å². The van der Waals surface area contributed by atoms with Crippen LogP contribution in [-0.4, -0.2) is 16.9 Å². The summed E-state index contributed by atoms with van der Waals surface area (Å²) < 4.78 is 0. The molecule has 0 unspecified atom stereocenters. The fourth-order valence-corrected chi connectivity index (χ4v) is 2.86. The van der Waals surface area contributed by atoms with Gasteiger partial charge in [0, 0.05) is 11.5 Å². The normalized spacial score (nSPS) is 23.0. The van der Waals surface area contributed by atoms with E-state index in [4.69, 9.17) is 0 Å². The van der Waals surface area contributed by atoms with Gasteiger partial charge in [0.05, 0.1) is 5.92 Å². The van der Waals surface area contributed by atoms with Crippen molar-refractivity contribution in [3.63, 3.8) is 0 Å². The first-order chi connectivity index (χ1) is 9.13. The van der Waals surface area contributed by atoms with Crippen LogP contribution in [0.2, 0.25) is 0 Å². The molecular formula is C16H20O3. The van der Waals surface area contributed by atoms with E-state index in [1.807, 2.05) is 24.3 Å². The SMILES string of the molecule is CCc1ccc(C(=O)[C@@H]2CCCC[C@@H]2C(=O)O)cc1. The molecule has 0 heterocycles. The molecule has 0 amide bonds. The Hall–Kier alpha value is -1.64. The predicted molar refractivity (Wildman–Crippen MR) is 73.2 cm³/mol. The van der Waals surface area contributed by atoms with Crippen molar-refractivity contribution in [1.29, 1.82) is 0 Å². The summed E-state index contributed by atoms with van der Waals surface area (Å²) in [6.45, 7) is 2.07. The number of ketones is 1. The second-order valence-corrected chi connectivity index (χ2v) is 5.25. The van der Waals surface area contributed by atoms with Crippen LogP contribution in [0.3, 0.4) is 0 Å². The fraction of sp³-hybridized carbons (Fsp3) is 0.500. The minimum absolute atomic E-state index is 0.00486. The largest absolute Gasteiger partial charge is 0.481 e. The van der Waals surface area contributed by atoms with Crippen molar-refractivity contribution in [3.8, 4) is 0 Å². The van der Waals surface area contributed by atoms with E-state index < -0.39 is 11.9 Å². The van der Waals surface area contributed by atoms with Crippen molar-refractivity contribution in [3.05, 3.63) is 35.4 Å². The second kappa shape index (κ2) is 6.00. The number of carboxylic acid groups (broad SMARTS) is 1. The molecule has 0 saturated heterocycles. The third-order valence-electron chi connectivity index (χ3n) is 4.07. The summed E-state index contributed by atoms with van der Waals surface area (Å²) in [6, 6.07) is 7.56. The molecule has 3 nitrogen and oxygen atoms in total. The van der Waals surface area contributed by atoms with Crippen LogP contribution < -0.4 is 0 Å². The summed E-state index contributed by atoms with van der Waals surface area (Å²) in [5, 5.41) is 9.23. The Morgan fingerprint density at radius 1 is 1.11 bits per heavy atom. The summed E-state index contributed by atoms with van der Waals surface area (Å²) in [7, 11) is 0. The number of benzene rings is 1. The zero-order valence-corrected chi connectivity index (χ0v) is 11.3. The standard InChI is InChI=1S/C16H20O3/c1-2-11-7-9-12(10-8-11)15(17)13-5-3-4-6-14(13)16(18)19/h7-10,13-14H,2-6H2,1H3,(H,18,19)/t13-,14+/m1/s1. The molecule has 0 bridgehead atoms. The topological polar surface area (TPSA) is 54.4 Å². The van der Waals surface area contributed by atoms with E-state index in [0.717, 1.165) is 19.3 Å². The van der Waals surface area contributed by atoms with Crippen molar-refractivity contribution in [2.24, 2.45) is 11.8 Å². The van der Waals surface area contributed by atoms with Crippen LogP contribution in [0.5, 0.6) is 0 Å². The highest BCUT2D eigenvalue weighted by Crippen LogP contribution is 2.32. The van der Waals surface area contributed by atoms with Crippen LogP contribution >= 0.6 is 0 Å². The highest BCUT2D eigenvalue weighted by Gasteiger charge is 2.35. The lowest BCUT2D eigenvalue weighted by atomic mass is 9.75. The number of carbonyl (C=O) groups excluding carboxylic acids is 1. The van der Waals surface area contributed by atoms with Crippen LogP contribution in [0.1, 0.15) is 48.5 Å². The van der Waals surface area contributed by atoms with E-state index in [1.54, 1.807) is 0 Å². The molecule has 1 aromatic carbocycles. The average Bonchev–Trinajstić information content (AvgIpc) is 2.46. The van der Waals surface area contributed by atoms with Gasteiger partial charge in [0.2, 0.25) is 0 Å². The highest BCUT2D eigenvalue weighted by molar-refractivity contribution is 6.00. The molecule has 19 heavy (non-hydrogen) atoms. The van der Waals surface area contributed by atoms with Gasteiger partial charge in [0.15, 0.2) is 5.78 Å². The number of Topliss-reactive ketones (excluding diaryl/α,β-unsaturated/α-hetero) is 1. The van der Waals surface area contributed by atoms with E-state index in [2.05, 4.69) is 6.92 Å². The lowest BCUT2D eigenvalue weighted by Crippen LogP contribution is -2.32. The molecule has 102 valence electrons. The van der Waals surface area contributed by atoms with Crippen LogP contribution in [0.25, 0.3) is 0 Å². The van der Waals surface area contributed by atoms with Gasteiger partial charge in [0.1, 0.15) is 0 Å². The maximum absolute atomic E-state index is 12.5. The third-order valence-corrected chi connectivity index (χ3v) is 4.07. The Morgan fingerprint density at radius 2 is 1.68 bits per heavy atom. The fourth-order valence-electron chi connectivity index (χ4n) is 2.86. The molecule has 1 fully saturated rings. The Kier molecular flexibility index (Phi) is 4.35. The van der Waals surface area contributed by atoms with Gasteiger partial charge in [-0.25, -0.2) is 0 Å². The van der Waals surface area contributed by atoms with Gasteiger partial charge in [-0.2, -0.15) is 0 Å². The molecule has 1 aliphatic rings. The molecule has 0 spiro atoms. The van der Waals surface area contributed by atoms with E-state index in [1.165, 1.54) is 5.56 Å². The maximum Gasteiger partial charge on any atom is 0.307 e. The molecule has 3 heteroatoms. The monoisotopic (exact) mass is 260 g/mol. The van der Waals surface area contributed by atoms with Crippen molar-refractivity contribution in [2.75, 3.05) is 0 Å². The molecule has 2 atom stereocenters. The summed E-state index contributed by atoms with van der Waals surface area (Å²) >= 11 is 0. The molecule has 0 aromatic heterocycles. The number of aliphatic carboxylic acids is 1. The molecule has 1 N–H and O–H groups in total. The Balaban J connectivity index is 2.18. The third kappa shape index (κ3) is 3.03. The zero-order chi connectivity index (χ0) is 13.8. The minimum Gasteiger partial charge on any atom is -0.481 e. The predicted octanol–water partition coefficient (Wildman–Crippen LogP) is 3.32. The number of hydrogen-bond acceptors (Lipinski definition) is 2. The number of rotatable bonds is 4. The van der Waals surface area contributed by atoms with Gasteiger partial charge in [-0.1, -0.05) is 44.0 Å². The Labute approximate surface area is 113 Å². The van der Waals surface area contributed by atoms with Crippen molar-refractivity contribution >= 4 is 11.8 Å². The van der Waals surface area contributed by atoms with Gasteiger partial charge < -0.3 is 5.11 Å². The zero-order valence-electron chi connectivity index (χ0n) is 11.3. The summed E-state index contributed by atoms with van der Waals surface area (Å²) in [6.07, 6.45) is 4.13. The molecule has 2 rings (SSSR count). The van der Waals surface area contributed by atoms with Gasteiger partial charge in [-0.05, 0) is 24.8 Å². The first-order valence-electron chi connectivity index (χ1n) is 6.99. The number of carbonyl (C=O) groups is 2. The smallest absolute Gasteiger partial charge is 0.307 e. The number of carboxylic acids is 1. The molecule has 1 aromatic rings. The van der Waals surface area contributed by atoms with Crippen molar-refractivity contribution in [2.45, 2.75) is 39.0 Å². The van der Waals surface area contributed by atoms with E-state index in [9.17, 15) is 14.7 Å². The Bertz CT molecular complexity index is 461. The molecule has 1 aliphatic carbocycles. The number of hydrogen-bond donors (Lipinski definition) is 1. The lowest BCUT2D eigenvalue weighted by molar-refractivity contribution is -0.144. The quantitative estimate of drug-likeness (QED) is 0.845. The molecular weight excluding hydrogens is 240 g/mol. The summed E-state index contributed by atoms with van der Waals surface area (Å²) in [5.41, 5.74) is 1.84. The van der Waals surface area contributed by atoms with E-state index >= 15 is 0 Å². The van der Waals surface area contributed by atoms with Gasteiger partial charge in [0.25, 0.3) is 0 Å². The lowest BCUT2D eigenvalue weighted by Gasteiger charge is -2.27. The van der Waals surface area contributed by atoms with Gasteiger partial charge in [-0.15, -0.1) is 0 Å². The molecule has 0 radical (unpaired) electrons. The summed E-state index contributed by atoms with van der Waals surface area (Å²) in [4.78, 5) is 23.7. The molecule has 1 saturated carbocycles. The van der Waals surface area contributed by atoms with Gasteiger partial charge in [-0.3, -0.25) is 9.59 Å². The Morgan fingerprint density at radius 3 is 2.21 bits per heavy atom. The number of aryl methyl sites for hydroxylation is 1. The van der Waals surface area contributed by atoms with Gasteiger partial charge >= 0.3 is 5.97 Å². The minimum atomic E-state index is -0.830.